The van der Waals surface area contributed by atoms with Crippen LogP contribution in [0.25, 0.3) is 0 Å². The van der Waals surface area contributed by atoms with E-state index < -0.39 is 0 Å². The topological polar surface area (TPSA) is 84.7 Å². The Labute approximate surface area is 200 Å². The number of carbonyl (C=O) groups is 2. The number of piperazine rings is 1. The maximum Gasteiger partial charge on any atom is 0.409 e. The average Bonchev–Trinajstić information content (AvgIpc) is 2.79. The minimum atomic E-state index is -0.341. The van der Waals surface area contributed by atoms with E-state index in [-0.39, 0.29) is 23.3 Å². The molecule has 1 aliphatic heterocycles. The Morgan fingerprint density at radius 3 is 2.38 bits per heavy atom. The average molecular weight is 523 g/mol. The van der Waals surface area contributed by atoms with Crippen LogP contribution in [0.15, 0.2) is 38.7 Å². The molecule has 0 N–H and O–H groups in total. The number of nitrogens with zero attached hydrogens (tertiary/aromatic N) is 4. The second kappa shape index (κ2) is 11.0. The summed E-state index contributed by atoms with van der Waals surface area (Å²) in [7, 11) is 1.69. The van der Waals surface area contributed by atoms with Gasteiger partial charge < -0.3 is 14.5 Å². The molecule has 2 heterocycles. The third kappa shape index (κ3) is 5.92. The smallest absolute Gasteiger partial charge is 0.409 e. The van der Waals surface area contributed by atoms with E-state index in [4.69, 9.17) is 4.74 Å². The highest BCUT2D eigenvalue weighted by Crippen LogP contribution is 2.19. The first-order chi connectivity index (χ1) is 15.3. The lowest BCUT2D eigenvalue weighted by atomic mass is 10.1. The summed E-state index contributed by atoms with van der Waals surface area (Å²) in [6.07, 6.45) is 0.166. The molecule has 0 radical (unpaired) electrons. The lowest BCUT2D eigenvalue weighted by Crippen LogP contribution is -2.51. The highest BCUT2D eigenvalue weighted by Gasteiger charge is 2.25. The van der Waals surface area contributed by atoms with E-state index in [1.807, 2.05) is 31.2 Å². The molecule has 10 heteroatoms. The molecule has 1 aromatic heterocycles. The van der Waals surface area contributed by atoms with Crippen molar-refractivity contribution in [2.75, 3.05) is 38.5 Å². The molecular formula is C22H27BrN4O4S. The van der Waals surface area contributed by atoms with Crippen LogP contribution in [0, 0.1) is 6.92 Å². The van der Waals surface area contributed by atoms with Crippen LogP contribution in [0.5, 0.6) is 0 Å². The van der Waals surface area contributed by atoms with Crippen LogP contribution in [-0.4, -0.2) is 69.9 Å². The summed E-state index contributed by atoms with van der Waals surface area (Å²) in [5.74, 6) is 0.148. The zero-order valence-corrected chi connectivity index (χ0v) is 20.9. The lowest BCUT2D eigenvalue weighted by molar-refractivity contribution is -0.129. The fourth-order valence-corrected chi connectivity index (χ4v) is 4.62. The number of carbonyl (C=O) groups excluding carboxylic acids is 2. The van der Waals surface area contributed by atoms with Crippen LogP contribution < -0.4 is 5.56 Å². The molecule has 1 saturated heterocycles. The Balaban J connectivity index is 1.61. The Bertz CT molecular complexity index is 1030. The number of ether oxygens (including phenoxy) is 1. The number of hydrogen-bond donors (Lipinski definition) is 0. The van der Waals surface area contributed by atoms with Crippen molar-refractivity contribution < 1.29 is 14.3 Å². The second-order valence-corrected chi connectivity index (χ2v) is 9.34. The van der Waals surface area contributed by atoms with E-state index in [0.29, 0.717) is 55.6 Å². The predicted octanol–water partition coefficient (Wildman–Crippen LogP) is 2.83. The van der Waals surface area contributed by atoms with Crippen LogP contribution in [0.3, 0.4) is 0 Å². The molecule has 2 aromatic rings. The fourth-order valence-electron chi connectivity index (χ4n) is 3.44. The van der Waals surface area contributed by atoms with Crippen molar-refractivity contribution in [3.8, 4) is 0 Å². The largest absolute Gasteiger partial charge is 0.450 e. The zero-order chi connectivity index (χ0) is 23.3. The number of halogens is 1. The van der Waals surface area contributed by atoms with Crippen LogP contribution in [-0.2, 0) is 23.0 Å². The van der Waals surface area contributed by atoms with Gasteiger partial charge in [-0.25, -0.2) is 9.78 Å². The molecule has 2 amide bonds. The molecule has 3 rings (SSSR count). The van der Waals surface area contributed by atoms with Gasteiger partial charge in [0.25, 0.3) is 5.56 Å². The van der Waals surface area contributed by atoms with Crippen LogP contribution in [0.2, 0.25) is 0 Å². The molecule has 172 valence electrons. The normalized spacial score (nSPS) is 13.9. The highest BCUT2D eigenvalue weighted by atomic mass is 79.9. The standard InChI is InChI=1S/C22H27BrN4O4S/c1-4-31-22(30)27-11-9-26(10-12-27)19(28)14-32-21-24-15(2)18(20(29)25(21)3)13-16-5-7-17(23)8-6-16/h5-8H,4,9-14H2,1-3H3. The van der Waals surface area contributed by atoms with Crippen molar-refractivity contribution in [3.63, 3.8) is 0 Å². The monoisotopic (exact) mass is 522 g/mol. The van der Waals surface area contributed by atoms with Crippen molar-refractivity contribution in [1.29, 1.82) is 0 Å². The van der Waals surface area contributed by atoms with Gasteiger partial charge in [-0.3, -0.25) is 14.2 Å². The first-order valence-corrected chi connectivity index (χ1v) is 12.2. The van der Waals surface area contributed by atoms with Gasteiger partial charge in [0, 0.05) is 55.4 Å². The molecule has 0 atom stereocenters. The molecule has 0 spiro atoms. The summed E-state index contributed by atoms with van der Waals surface area (Å²) in [6, 6.07) is 7.86. The van der Waals surface area contributed by atoms with Crippen LogP contribution in [0.1, 0.15) is 23.7 Å². The van der Waals surface area contributed by atoms with Gasteiger partial charge in [-0.05, 0) is 31.5 Å². The Morgan fingerprint density at radius 2 is 1.75 bits per heavy atom. The van der Waals surface area contributed by atoms with E-state index in [0.717, 1.165) is 10.0 Å². The lowest BCUT2D eigenvalue weighted by Gasteiger charge is -2.34. The number of benzene rings is 1. The number of aromatic nitrogens is 2. The van der Waals surface area contributed by atoms with E-state index in [9.17, 15) is 14.4 Å². The molecule has 1 aliphatic rings. The summed E-state index contributed by atoms with van der Waals surface area (Å²) >= 11 is 4.68. The first kappa shape index (κ1) is 24.3. The number of thioether (sulfide) groups is 1. The van der Waals surface area contributed by atoms with Crippen molar-refractivity contribution in [2.45, 2.75) is 25.4 Å². The minimum Gasteiger partial charge on any atom is -0.450 e. The van der Waals surface area contributed by atoms with Gasteiger partial charge in [0.05, 0.1) is 12.4 Å². The maximum absolute atomic E-state index is 12.9. The fraction of sp³-hybridized carbons (Fsp3) is 0.455. The summed E-state index contributed by atoms with van der Waals surface area (Å²) in [6.45, 7) is 5.78. The van der Waals surface area contributed by atoms with Gasteiger partial charge in [-0.2, -0.15) is 0 Å². The van der Waals surface area contributed by atoms with Gasteiger partial charge in [0.15, 0.2) is 5.16 Å². The van der Waals surface area contributed by atoms with Crippen molar-refractivity contribution >= 4 is 39.7 Å². The van der Waals surface area contributed by atoms with Gasteiger partial charge >= 0.3 is 6.09 Å². The maximum atomic E-state index is 12.9. The predicted molar refractivity (Wildman–Crippen MR) is 127 cm³/mol. The number of rotatable bonds is 6. The van der Waals surface area contributed by atoms with E-state index in [2.05, 4.69) is 20.9 Å². The quantitative estimate of drug-likeness (QED) is 0.428. The number of hydrogen-bond acceptors (Lipinski definition) is 6. The summed E-state index contributed by atoms with van der Waals surface area (Å²) in [4.78, 5) is 45.3. The van der Waals surface area contributed by atoms with Crippen molar-refractivity contribution in [2.24, 2.45) is 7.05 Å². The Hall–Kier alpha value is -2.33. The molecule has 32 heavy (non-hydrogen) atoms. The Kier molecular flexibility index (Phi) is 8.36. The highest BCUT2D eigenvalue weighted by molar-refractivity contribution is 9.10. The molecule has 0 aliphatic carbocycles. The molecular weight excluding hydrogens is 496 g/mol. The van der Waals surface area contributed by atoms with Gasteiger partial charge in [0.1, 0.15) is 0 Å². The molecule has 0 saturated carbocycles. The van der Waals surface area contributed by atoms with E-state index in [1.165, 1.54) is 16.3 Å². The van der Waals surface area contributed by atoms with Crippen LogP contribution in [0.4, 0.5) is 4.79 Å². The molecule has 1 aromatic carbocycles. The molecule has 8 nitrogen and oxygen atoms in total. The van der Waals surface area contributed by atoms with Gasteiger partial charge in [-0.1, -0.05) is 39.8 Å². The first-order valence-electron chi connectivity index (χ1n) is 10.4. The number of aryl methyl sites for hydroxylation is 1. The summed E-state index contributed by atoms with van der Waals surface area (Å²) < 4.78 is 7.51. The molecule has 0 unspecified atom stereocenters. The second-order valence-electron chi connectivity index (χ2n) is 7.48. The third-order valence-corrected chi connectivity index (χ3v) is 6.87. The van der Waals surface area contributed by atoms with Gasteiger partial charge in [0.2, 0.25) is 5.91 Å². The minimum absolute atomic E-state index is 0.0376. The van der Waals surface area contributed by atoms with Gasteiger partial charge in [-0.15, -0.1) is 0 Å². The Morgan fingerprint density at radius 1 is 1.12 bits per heavy atom. The molecule has 1 fully saturated rings. The van der Waals surface area contributed by atoms with Crippen LogP contribution >= 0.6 is 27.7 Å². The molecule has 0 bridgehead atoms. The summed E-state index contributed by atoms with van der Waals surface area (Å²) in [5.41, 5.74) is 2.26. The van der Waals surface area contributed by atoms with Crippen molar-refractivity contribution in [3.05, 3.63) is 55.9 Å². The summed E-state index contributed by atoms with van der Waals surface area (Å²) in [5, 5.41) is 0.519. The third-order valence-electron chi connectivity index (χ3n) is 5.33. The van der Waals surface area contributed by atoms with E-state index >= 15 is 0 Å². The zero-order valence-electron chi connectivity index (χ0n) is 18.5. The SMILES string of the molecule is CCOC(=O)N1CCN(C(=O)CSc2nc(C)c(Cc3ccc(Br)cc3)c(=O)n2C)CC1. The van der Waals surface area contributed by atoms with Crippen molar-refractivity contribution in [1.82, 2.24) is 19.4 Å². The number of amides is 2. The van der Waals surface area contributed by atoms with E-state index in [1.54, 1.807) is 23.8 Å².